The Hall–Kier alpha value is -1.38. The van der Waals surface area contributed by atoms with Crippen LogP contribution in [0.4, 0.5) is 11.4 Å². The number of hydrogen-bond donors (Lipinski definition) is 2. The Morgan fingerprint density at radius 3 is 2.79 bits per heavy atom. The highest BCUT2D eigenvalue weighted by atomic mass is 16.5. The number of nitrogens with one attached hydrogen (secondary N) is 1. The second kappa shape index (κ2) is 7.27. The Morgan fingerprint density at radius 2 is 2.05 bits per heavy atom. The van der Waals surface area contributed by atoms with E-state index in [0.29, 0.717) is 0 Å². The van der Waals surface area contributed by atoms with Crippen molar-refractivity contribution in [1.29, 1.82) is 0 Å². The first kappa shape index (κ1) is 14.0. The zero-order valence-corrected chi connectivity index (χ0v) is 12.0. The summed E-state index contributed by atoms with van der Waals surface area (Å²) in [7, 11) is 0. The highest BCUT2D eigenvalue weighted by molar-refractivity contribution is 5.61. The van der Waals surface area contributed by atoms with Crippen LogP contribution in [0, 0.1) is 5.92 Å². The standard InChI is InChI=1S/C16H26N2O/c1-2-10-19-16-11-14(8-9-15(16)17)18-12-13-6-4-3-5-7-13/h8-9,11,13,18H,2-7,10,12,17H2,1H3. The first-order chi connectivity index (χ1) is 9.29. The van der Waals surface area contributed by atoms with E-state index >= 15 is 0 Å². The average molecular weight is 262 g/mol. The predicted octanol–water partition coefficient (Wildman–Crippen LogP) is 4.05. The van der Waals surface area contributed by atoms with Gasteiger partial charge in [0.25, 0.3) is 0 Å². The van der Waals surface area contributed by atoms with Crippen molar-refractivity contribution in [2.45, 2.75) is 45.4 Å². The Morgan fingerprint density at radius 1 is 1.26 bits per heavy atom. The van der Waals surface area contributed by atoms with Gasteiger partial charge in [0.05, 0.1) is 12.3 Å². The Balaban J connectivity index is 1.88. The third-order valence-electron chi connectivity index (χ3n) is 3.79. The van der Waals surface area contributed by atoms with E-state index in [2.05, 4.69) is 12.2 Å². The van der Waals surface area contributed by atoms with Crippen LogP contribution in [-0.2, 0) is 0 Å². The van der Waals surface area contributed by atoms with Crippen molar-refractivity contribution in [3.8, 4) is 5.75 Å². The molecule has 1 aromatic rings. The van der Waals surface area contributed by atoms with Crippen LogP contribution in [0.15, 0.2) is 18.2 Å². The summed E-state index contributed by atoms with van der Waals surface area (Å²) in [5.41, 5.74) is 7.75. The fourth-order valence-corrected chi connectivity index (χ4v) is 2.63. The maximum atomic E-state index is 5.92. The van der Waals surface area contributed by atoms with Crippen molar-refractivity contribution in [2.24, 2.45) is 5.92 Å². The molecule has 0 radical (unpaired) electrons. The monoisotopic (exact) mass is 262 g/mol. The first-order valence-corrected chi connectivity index (χ1v) is 7.55. The molecule has 1 aliphatic carbocycles. The summed E-state index contributed by atoms with van der Waals surface area (Å²) < 4.78 is 5.65. The fraction of sp³-hybridized carbons (Fsp3) is 0.625. The van der Waals surface area contributed by atoms with Gasteiger partial charge in [0.2, 0.25) is 0 Å². The average Bonchev–Trinajstić information content (AvgIpc) is 2.46. The van der Waals surface area contributed by atoms with Gasteiger partial charge in [-0.05, 0) is 37.3 Å². The van der Waals surface area contributed by atoms with Crippen LogP contribution in [0.2, 0.25) is 0 Å². The topological polar surface area (TPSA) is 47.3 Å². The molecule has 0 unspecified atom stereocenters. The van der Waals surface area contributed by atoms with E-state index in [4.69, 9.17) is 10.5 Å². The van der Waals surface area contributed by atoms with Gasteiger partial charge < -0.3 is 15.8 Å². The molecule has 1 aromatic carbocycles. The van der Waals surface area contributed by atoms with Gasteiger partial charge in [-0.1, -0.05) is 26.2 Å². The molecule has 3 N–H and O–H groups in total. The van der Waals surface area contributed by atoms with Crippen LogP contribution in [-0.4, -0.2) is 13.2 Å². The van der Waals surface area contributed by atoms with Crippen molar-refractivity contribution < 1.29 is 4.74 Å². The molecule has 0 spiro atoms. The number of hydrogen-bond acceptors (Lipinski definition) is 3. The minimum atomic E-state index is 0.719. The van der Waals surface area contributed by atoms with Gasteiger partial charge in [-0.25, -0.2) is 0 Å². The summed E-state index contributed by atoms with van der Waals surface area (Å²) in [6.45, 7) is 3.88. The van der Waals surface area contributed by atoms with E-state index in [-0.39, 0.29) is 0 Å². The molecule has 0 aliphatic heterocycles. The zero-order chi connectivity index (χ0) is 13.5. The van der Waals surface area contributed by atoms with Crippen LogP contribution in [0.1, 0.15) is 45.4 Å². The summed E-state index contributed by atoms with van der Waals surface area (Å²) in [5, 5.41) is 3.52. The number of anilines is 2. The van der Waals surface area contributed by atoms with Gasteiger partial charge in [-0.3, -0.25) is 0 Å². The third kappa shape index (κ3) is 4.34. The van der Waals surface area contributed by atoms with Gasteiger partial charge >= 0.3 is 0 Å². The molecule has 0 atom stereocenters. The second-order valence-electron chi connectivity index (χ2n) is 5.49. The molecular weight excluding hydrogens is 236 g/mol. The summed E-state index contributed by atoms with van der Waals surface area (Å²) in [4.78, 5) is 0. The van der Waals surface area contributed by atoms with E-state index in [9.17, 15) is 0 Å². The van der Waals surface area contributed by atoms with Gasteiger partial charge in [0.1, 0.15) is 5.75 Å². The predicted molar refractivity (Wildman–Crippen MR) is 81.7 cm³/mol. The number of nitrogens with two attached hydrogens (primary N) is 1. The summed E-state index contributed by atoms with van der Waals surface area (Å²) in [5.74, 6) is 1.63. The van der Waals surface area contributed by atoms with Gasteiger partial charge in [0, 0.05) is 18.3 Å². The minimum Gasteiger partial charge on any atom is -0.491 e. The van der Waals surface area contributed by atoms with Crippen molar-refractivity contribution in [3.05, 3.63) is 18.2 Å². The lowest BCUT2D eigenvalue weighted by atomic mass is 9.89. The Labute approximate surface area is 116 Å². The highest BCUT2D eigenvalue weighted by Crippen LogP contribution is 2.27. The van der Waals surface area contributed by atoms with Crippen LogP contribution >= 0.6 is 0 Å². The molecule has 106 valence electrons. The highest BCUT2D eigenvalue weighted by Gasteiger charge is 2.13. The van der Waals surface area contributed by atoms with E-state index < -0.39 is 0 Å². The first-order valence-electron chi connectivity index (χ1n) is 7.55. The molecule has 0 amide bonds. The van der Waals surface area contributed by atoms with Gasteiger partial charge in [-0.2, -0.15) is 0 Å². The zero-order valence-electron chi connectivity index (χ0n) is 12.0. The molecule has 0 saturated heterocycles. The van der Waals surface area contributed by atoms with Crippen LogP contribution in [0.25, 0.3) is 0 Å². The molecular formula is C16H26N2O. The molecule has 3 heteroatoms. The number of ether oxygens (including phenoxy) is 1. The van der Waals surface area contributed by atoms with Crippen molar-refractivity contribution in [2.75, 3.05) is 24.2 Å². The Bertz CT molecular complexity index is 386. The van der Waals surface area contributed by atoms with Gasteiger partial charge in [-0.15, -0.1) is 0 Å². The molecule has 1 fully saturated rings. The maximum Gasteiger partial charge on any atom is 0.144 e. The van der Waals surface area contributed by atoms with Crippen LogP contribution < -0.4 is 15.8 Å². The molecule has 3 nitrogen and oxygen atoms in total. The van der Waals surface area contributed by atoms with Crippen molar-refractivity contribution in [1.82, 2.24) is 0 Å². The molecule has 0 heterocycles. The Kier molecular flexibility index (Phi) is 5.37. The lowest BCUT2D eigenvalue weighted by molar-refractivity contribution is 0.319. The third-order valence-corrected chi connectivity index (χ3v) is 3.79. The molecule has 1 aliphatic rings. The largest absolute Gasteiger partial charge is 0.491 e. The smallest absolute Gasteiger partial charge is 0.144 e. The molecule has 0 bridgehead atoms. The number of nitrogen functional groups attached to an aromatic ring is 1. The van der Waals surface area contributed by atoms with Gasteiger partial charge in [0.15, 0.2) is 0 Å². The number of rotatable bonds is 6. The summed E-state index contributed by atoms with van der Waals surface area (Å²) >= 11 is 0. The fourth-order valence-electron chi connectivity index (χ4n) is 2.63. The SMILES string of the molecule is CCCOc1cc(NCC2CCCCC2)ccc1N. The van der Waals surface area contributed by atoms with Crippen molar-refractivity contribution >= 4 is 11.4 Å². The lowest BCUT2D eigenvalue weighted by Crippen LogP contribution is -2.17. The minimum absolute atomic E-state index is 0.719. The molecule has 0 aromatic heterocycles. The number of benzene rings is 1. The molecule has 2 rings (SSSR count). The van der Waals surface area contributed by atoms with E-state index in [1.54, 1.807) is 0 Å². The lowest BCUT2D eigenvalue weighted by Gasteiger charge is -2.22. The maximum absolute atomic E-state index is 5.92. The normalized spacial score (nSPS) is 16.3. The summed E-state index contributed by atoms with van der Waals surface area (Å²) in [6, 6.07) is 5.99. The van der Waals surface area contributed by atoms with Crippen LogP contribution in [0.3, 0.4) is 0 Å². The molecule has 19 heavy (non-hydrogen) atoms. The van der Waals surface area contributed by atoms with E-state index in [0.717, 1.165) is 42.6 Å². The van der Waals surface area contributed by atoms with Crippen LogP contribution in [0.5, 0.6) is 5.75 Å². The summed E-state index contributed by atoms with van der Waals surface area (Å²) in [6.07, 6.45) is 7.91. The quantitative estimate of drug-likeness (QED) is 0.760. The van der Waals surface area contributed by atoms with E-state index in [1.165, 1.54) is 32.1 Å². The second-order valence-corrected chi connectivity index (χ2v) is 5.49. The molecule has 1 saturated carbocycles. The van der Waals surface area contributed by atoms with E-state index in [1.807, 2.05) is 18.2 Å². The van der Waals surface area contributed by atoms with Crippen molar-refractivity contribution in [3.63, 3.8) is 0 Å².